The SMILES string of the molecule is CC(=Cc1ccccc1)c1ccc(NS(=O)[O-])cc1. The molecule has 0 spiro atoms. The highest BCUT2D eigenvalue weighted by atomic mass is 32.2. The van der Waals surface area contributed by atoms with Gasteiger partial charge in [0.1, 0.15) is 0 Å². The van der Waals surface area contributed by atoms with Crippen LogP contribution < -0.4 is 4.72 Å². The number of anilines is 1. The molecule has 0 saturated carbocycles. The van der Waals surface area contributed by atoms with Crippen LogP contribution in [0.2, 0.25) is 0 Å². The first-order valence-corrected chi connectivity index (χ1v) is 6.92. The first-order chi connectivity index (χ1) is 9.15. The molecule has 1 N–H and O–H groups in total. The Morgan fingerprint density at radius 3 is 2.32 bits per heavy atom. The molecule has 2 aromatic rings. The highest BCUT2D eigenvalue weighted by molar-refractivity contribution is 7.80. The molecule has 2 rings (SSSR count). The summed E-state index contributed by atoms with van der Waals surface area (Å²) in [4.78, 5) is 0. The fourth-order valence-electron chi connectivity index (χ4n) is 1.78. The number of rotatable bonds is 4. The third-order valence-corrected chi connectivity index (χ3v) is 3.13. The molecule has 1 unspecified atom stereocenters. The standard InChI is InChI=1S/C15H15NO2S/c1-12(11-13-5-3-2-4-6-13)14-7-9-15(10-8-14)16-19(17)18/h2-11,16H,1H3,(H,17,18)/p-1. The van der Waals surface area contributed by atoms with Crippen molar-refractivity contribution in [1.29, 1.82) is 0 Å². The van der Waals surface area contributed by atoms with Crippen LogP contribution >= 0.6 is 0 Å². The van der Waals surface area contributed by atoms with E-state index in [1.165, 1.54) is 0 Å². The summed E-state index contributed by atoms with van der Waals surface area (Å²) in [5.74, 6) is 0. The van der Waals surface area contributed by atoms with Crippen molar-refractivity contribution in [1.82, 2.24) is 0 Å². The third kappa shape index (κ3) is 4.05. The summed E-state index contributed by atoms with van der Waals surface area (Å²) >= 11 is -2.28. The van der Waals surface area contributed by atoms with Crippen LogP contribution in [0.15, 0.2) is 54.6 Å². The van der Waals surface area contributed by atoms with Gasteiger partial charge in [-0.3, -0.25) is 4.21 Å². The van der Waals surface area contributed by atoms with E-state index >= 15 is 0 Å². The predicted octanol–water partition coefficient (Wildman–Crippen LogP) is 3.45. The first kappa shape index (κ1) is 13.5. The molecule has 1 atom stereocenters. The van der Waals surface area contributed by atoms with Gasteiger partial charge in [0.2, 0.25) is 0 Å². The molecular weight excluding hydrogens is 258 g/mol. The zero-order valence-corrected chi connectivity index (χ0v) is 11.3. The molecule has 0 heterocycles. The average molecular weight is 272 g/mol. The van der Waals surface area contributed by atoms with Gasteiger partial charge in [-0.1, -0.05) is 48.5 Å². The lowest BCUT2D eigenvalue weighted by atomic mass is 10.0. The van der Waals surface area contributed by atoms with Crippen LogP contribution in [0.1, 0.15) is 18.1 Å². The van der Waals surface area contributed by atoms with Gasteiger partial charge in [0, 0.05) is 17.0 Å². The summed E-state index contributed by atoms with van der Waals surface area (Å²) in [6.07, 6.45) is 2.09. The molecule has 19 heavy (non-hydrogen) atoms. The smallest absolute Gasteiger partial charge is 0.0452 e. The Morgan fingerprint density at radius 2 is 1.74 bits per heavy atom. The molecule has 0 aliphatic rings. The zero-order chi connectivity index (χ0) is 13.7. The van der Waals surface area contributed by atoms with Crippen molar-refractivity contribution in [3.8, 4) is 0 Å². The normalized spacial score (nSPS) is 13.1. The second kappa shape index (κ2) is 6.31. The summed E-state index contributed by atoms with van der Waals surface area (Å²) in [6, 6.07) is 17.3. The third-order valence-electron chi connectivity index (χ3n) is 2.72. The molecule has 0 aliphatic carbocycles. The van der Waals surface area contributed by atoms with Gasteiger partial charge < -0.3 is 9.27 Å². The highest BCUT2D eigenvalue weighted by Crippen LogP contribution is 2.19. The maximum atomic E-state index is 10.5. The van der Waals surface area contributed by atoms with Crippen LogP contribution in [0, 0.1) is 0 Å². The van der Waals surface area contributed by atoms with E-state index in [0.717, 1.165) is 16.7 Å². The van der Waals surface area contributed by atoms with Crippen LogP contribution in [0.4, 0.5) is 5.69 Å². The monoisotopic (exact) mass is 272 g/mol. The number of hydrogen-bond donors (Lipinski definition) is 1. The molecule has 0 fully saturated rings. The maximum Gasteiger partial charge on any atom is 0.0452 e. The summed E-state index contributed by atoms with van der Waals surface area (Å²) in [6.45, 7) is 2.03. The quantitative estimate of drug-likeness (QED) is 0.684. The molecule has 0 amide bonds. The summed E-state index contributed by atoms with van der Waals surface area (Å²) in [7, 11) is 0. The van der Waals surface area contributed by atoms with Crippen LogP contribution in [0.25, 0.3) is 11.6 Å². The summed E-state index contributed by atoms with van der Waals surface area (Å²) < 4.78 is 23.3. The van der Waals surface area contributed by atoms with Crippen LogP contribution in [0.5, 0.6) is 0 Å². The van der Waals surface area contributed by atoms with Gasteiger partial charge in [0.15, 0.2) is 0 Å². The Kier molecular flexibility index (Phi) is 4.49. The predicted molar refractivity (Wildman–Crippen MR) is 79.0 cm³/mol. The molecule has 0 aliphatic heterocycles. The molecule has 2 aromatic carbocycles. The van der Waals surface area contributed by atoms with Crippen molar-refractivity contribution in [3.05, 3.63) is 65.7 Å². The van der Waals surface area contributed by atoms with E-state index in [4.69, 9.17) is 0 Å². The maximum absolute atomic E-state index is 10.5. The van der Waals surface area contributed by atoms with Crippen LogP contribution in [-0.2, 0) is 11.3 Å². The molecule has 0 saturated heterocycles. The minimum absolute atomic E-state index is 0.560. The number of nitrogens with one attached hydrogen (secondary N) is 1. The minimum atomic E-state index is -2.28. The second-order valence-corrected chi connectivity index (χ2v) is 4.83. The van der Waals surface area contributed by atoms with Gasteiger partial charge >= 0.3 is 0 Å². The van der Waals surface area contributed by atoms with Crippen molar-refractivity contribution in [2.45, 2.75) is 6.92 Å². The second-order valence-electron chi connectivity index (χ2n) is 4.15. The lowest BCUT2D eigenvalue weighted by Gasteiger charge is -2.09. The van der Waals surface area contributed by atoms with Crippen LogP contribution in [0.3, 0.4) is 0 Å². The molecule has 0 bridgehead atoms. The van der Waals surface area contributed by atoms with E-state index in [1.54, 1.807) is 12.1 Å². The van der Waals surface area contributed by atoms with Crippen molar-refractivity contribution >= 4 is 28.6 Å². The van der Waals surface area contributed by atoms with Gasteiger partial charge in [-0.25, -0.2) is 0 Å². The van der Waals surface area contributed by atoms with E-state index in [-0.39, 0.29) is 0 Å². The molecular formula is C15H14NO2S-. The van der Waals surface area contributed by atoms with Gasteiger partial charge in [0.25, 0.3) is 0 Å². The summed E-state index contributed by atoms with van der Waals surface area (Å²) in [5.41, 5.74) is 3.89. The minimum Gasteiger partial charge on any atom is -0.755 e. The lowest BCUT2D eigenvalue weighted by molar-refractivity contribution is 0.542. The Morgan fingerprint density at radius 1 is 1.11 bits per heavy atom. The Bertz CT molecular complexity index is 591. The number of allylic oxidation sites excluding steroid dienone is 1. The van der Waals surface area contributed by atoms with E-state index in [1.807, 2.05) is 49.4 Å². The van der Waals surface area contributed by atoms with E-state index < -0.39 is 11.3 Å². The Balaban J connectivity index is 2.18. The van der Waals surface area contributed by atoms with Gasteiger partial charge in [-0.05, 0) is 35.8 Å². The van der Waals surface area contributed by atoms with Gasteiger partial charge in [-0.2, -0.15) is 0 Å². The Hall–Kier alpha value is -1.91. The molecule has 98 valence electrons. The summed E-state index contributed by atoms with van der Waals surface area (Å²) in [5, 5.41) is 0. The molecule has 3 nitrogen and oxygen atoms in total. The van der Waals surface area contributed by atoms with Gasteiger partial charge in [-0.15, -0.1) is 0 Å². The largest absolute Gasteiger partial charge is 0.755 e. The number of benzene rings is 2. The lowest BCUT2D eigenvalue weighted by Crippen LogP contribution is -2.01. The van der Waals surface area contributed by atoms with Crippen molar-refractivity contribution in [2.24, 2.45) is 0 Å². The fraction of sp³-hybridized carbons (Fsp3) is 0.0667. The van der Waals surface area contributed by atoms with E-state index in [2.05, 4.69) is 10.8 Å². The molecule has 0 aromatic heterocycles. The zero-order valence-electron chi connectivity index (χ0n) is 10.5. The highest BCUT2D eigenvalue weighted by Gasteiger charge is 1.97. The van der Waals surface area contributed by atoms with Gasteiger partial charge in [0.05, 0.1) is 0 Å². The van der Waals surface area contributed by atoms with Crippen molar-refractivity contribution in [2.75, 3.05) is 4.72 Å². The van der Waals surface area contributed by atoms with Crippen molar-refractivity contribution in [3.63, 3.8) is 0 Å². The first-order valence-electron chi connectivity index (χ1n) is 5.85. The Labute approximate surface area is 115 Å². The molecule has 0 radical (unpaired) electrons. The van der Waals surface area contributed by atoms with E-state index in [0.29, 0.717) is 5.69 Å². The van der Waals surface area contributed by atoms with E-state index in [9.17, 15) is 8.76 Å². The van der Waals surface area contributed by atoms with Crippen molar-refractivity contribution < 1.29 is 8.76 Å². The average Bonchev–Trinajstić information content (AvgIpc) is 2.40. The number of hydrogen-bond acceptors (Lipinski definition) is 2. The topological polar surface area (TPSA) is 52.2 Å². The van der Waals surface area contributed by atoms with Crippen LogP contribution in [-0.4, -0.2) is 8.76 Å². The molecule has 4 heteroatoms. The fourth-order valence-corrected chi connectivity index (χ4v) is 2.11.